The molecule has 3 N–H and O–H groups in total. The molecule has 5 heteroatoms. The van der Waals surface area contributed by atoms with Crippen LogP contribution in [0.4, 0.5) is 4.39 Å². The summed E-state index contributed by atoms with van der Waals surface area (Å²) in [4.78, 5) is 6.41. The molecule has 2 rings (SSSR count). The Kier molecular flexibility index (Phi) is 4.65. The molecule has 0 aliphatic rings. The zero-order valence-electron chi connectivity index (χ0n) is 12.2. The van der Waals surface area contributed by atoms with Gasteiger partial charge >= 0.3 is 0 Å². The molecule has 0 amide bonds. The van der Waals surface area contributed by atoms with Crippen molar-refractivity contribution < 1.29 is 4.39 Å². The summed E-state index contributed by atoms with van der Waals surface area (Å²) in [7, 11) is 1.91. The van der Waals surface area contributed by atoms with E-state index in [0.29, 0.717) is 18.7 Å². The summed E-state index contributed by atoms with van der Waals surface area (Å²) in [5.74, 6) is -0.675. The van der Waals surface area contributed by atoms with Crippen molar-refractivity contribution in [2.45, 2.75) is 20.0 Å². The molecule has 0 spiro atoms. The molecule has 0 saturated heterocycles. The number of nitrogens with zero attached hydrogens (tertiary/aromatic N) is 2. The second kappa shape index (κ2) is 6.45. The van der Waals surface area contributed by atoms with Gasteiger partial charge in [0.25, 0.3) is 0 Å². The van der Waals surface area contributed by atoms with Crippen LogP contribution in [0.5, 0.6) is 0 Å². The fourth-order valence-corrected chi connectivity index (χ4v) is 2.22. The fraction of sp³-hybridized carbons (Fsp3) is 0.250. The predicted molar refractivity (Wildman–Crippen MR) is 81.6 cm³/mol. The zero-order chi connectivity index (χ0) is 15.4. The van der Waals surface area contributed by atoms with Gasteiger partial charge < -0.3 is 5.73 Å². The lowest BCUT2D eigenvalue weighted by Gasteiger charge is -2.17. The van der Waals surface area contributed by atoms with Crippen molar-refractivity contribution in [2.24, 2.45) is 5.73 Å². The summed E-state index contributed by atoms with van der Waals surface area (Å²) < 4.78 is 14.2. The van der Waals surface area contributed by atoms with Crippen molar-refractivity contribution in [2.75, 3.05) is 7.05 Å². The van der Waals surface area contributed by atoms with Crippen LogP contribution in [-0.4, -0.2) is 22.8 Å². The molecule has 0 atom stereocenters. The number of aryl methyl sites for hydroxylation is 1. The fourth-order valence-electron chi connectivity index (χ4n) is 2.22. The first-order valence-corrected chi connectivity index (χ1v) is 6.70. The number of benzene rings is 1. The summed E-state index contributed by atoms with van der Waals surface area (Å²) in [6.45, 7) is 3.01. The maximum Gasteiger partial charge on any atom is 0.138 e. The van der Waals surface area contributed by atoms with E-state index >= 15 is 0 Å². The van der Waals surface area contributed by atoms with Crippen LogP contribution < -0.4 is 5.73 Å². The van der Waals surface area contributed by atoms with Gasteiger partial charge in [0.05, 0.1) is 11.3 Å². The molecule has 1 aromatic heterocycles. The number of amidine groups is 1. The van der Waals surface area contributed by atoms with Crippen LogP contribution in [0.2, 0.25) is 0 Å². The summed E-state index contributed by atoms with van der Waals surface area (Å²) in [6, 6.07) is 10.8. The number of halogens is 1. The van der Waals surface area contributed by atoms with Gasteiger partial charge in [0.2, 0.25) is 0 Å². The van der Waals surface area contributed by atoms with E-state index in [9.17, 15) is 4.39 Å². The topological polar surface area (TPSA) is 66.0 Å². The Labute approximate surface area is 123 Å². The number of rotatable bonds is 5. The SMILES string of the molecule is Cc1cccc(CN(C)Cc2cccc(C(=N)N)c2F)n1. The predicted octanol–water partition coefficient (Wildman–Crippen LogP) is 2.45. The van der Waals surface area contributed by atoms with E-state index < -0.39 is 5.82 Å². The molecular weight excluding hydrogens is 267 g/mol. The van der Waals surface area contributed by atoms with Gasteiger partial charge in [-0.1, -0.05) is 18.2 Å². The highest BCUT2D eigenvalue weighted by molar-refractivity contribution is 5.95. The minimum atomic E-state index is -0.422. The van der Waals surface area contributed by atoms with Crippen molar-refractivity contribution in [1.82, 2.24) is 9.88 Å². The number of nitrogen functional groups attached to an aromatic ring is 1. The highest BCUT2D eigenvalue weighted by atomic mass is 19.1. The Balaban J connectivity index is 2.11. The smallest absolute Gasteiger partial charge is 0.138 e. The maximum atomic E-state index is 14.2. The summed E-state index contributed by atoms with van der Waals surface area (Å²) in [6.07, 6.45) is 0. The van der Waals surface area contributed by atoms with Crippen molar-refractivity contribution in [3.05, 3.63) is 64.7 Å². The van der Waals surface area contributed by atoms with Crippen molar-refractivity contribution >= 4 is 5.84 Å². The molecule has 0 aliphatic heterocycles. The molecule has 21 heavy (non-hydrogen) atoms. The highest BCUT2D eigenvalue weighted by Crippen LogP contribution is 2.15. The third-order valence-electron chi connectivity index (χ3n) is 3.19. The molecule has 1 heterocycles. The quantitative estimate of drug-likeness (QED) is 0.655. The molecule has 0 aliphatic carbocycles. The summed E-state index contributed by atoms with van der Waals surface area (Å²) in [5.41, 5.74) is 7.96. The number of pyridine rings is 1. The van der Waals surface area contributed by atoms with Crippen LogP contribution in [0.3, 0.4) is 0 Å². The molecule has 4 nitrogen and oxygen atoms in total. The van der Waals surface area contributed by atoms with E-state index in [2.05, 4.69) is 4.98 Å². The highest BCUT2D eigenvalue weighted by Gasteiger charge is 2.12. The average Bonchev–Trinajstić information content (AvgIpc) is 2.40. The van der Waals surface area contributed by atoms with E-state index in [1.54, 1.807) is 12.1 Å². The first-order chi connectivity index (χ1) is 9.97. The van der Waals surface area contributed by atoms with E-state index in [-0.39, 0.29) is 11.4 Å². The lowest BCUT2D eigenvalue weighted by molar-refractivity contribution is 0.309. The van der Waals surface area contributed by atoms with Gasteiger partial charge in [-0.05, 0) is 32.2 Å². The number of aromatic nitrogens is 1. The largest absolute Gasteiger partial charge is 0.384 e. The van der Waals surface area contributed by atoms with Gasteiger partial charge in [0, 0.05) is 24.3 Å². The van der Waals surface area contributed by atoms with Gasteiger partial charge in [0.1, 0.15) is 11.7 Å². The minimum Gasteiger partial charge on any atom is -0.384 e. The van der Waals surface area contributed by atoms with Gasteiger partial charge in [-0.15, -0.1) is 0 Å². The average molecular weight is 286 g/mol. The van der Waals surface area contributed by atoms with Gasteiger partial charge in [-0.3, -0.25) is 15.3 Å². The first kappa shape index (κ1) is 15.1. The second-order valence-electron chi connectivity index (χ2n) is 5.13. The van der Waals surface area contributed by atoms with E-state index in [4.69, 9.17) is 11.1 Å². The molecule has 0 radical (unpaired) electrons. The lowest BCUT2D eigenvalue weighted by Crippen LogP contribution is -2.20. The molecule has 0 saturated carbocycles. The number of nitrogens with one attached hydrogen (secondary N) is 1. The van der Waals surface area contributed by atoms with Crippen molar-refractivity contribution in [3.63, 3.8) is 0 Å². The maximum absolute atomic E-state index is 14.2. The molecule has 110 valence electrons. The van der Waals surface area contributed by atoms with E-state index in [1.165, 1.54) is 6.07 Å². The molecule has 0 bridgehead atoms. The van der Waals surface area contributed by atoms with Crippen LogP contribution in [0.15, 0.2) is 36.4 Å². The van der Waals surface area contributed by atoms with Crippen molar-refractivity contribution in [1.29, 1.82) is 5.41 Å². The summed E-state index contributed by atoms with van der Waals surface area (Å²) >= 11 is 0. The molecule has 1 aromatic carbocycles. The first-order valence-electron chi connectivity index (χ1n) is 6.70. The number of hydrogen-bond acceptors (Lipinski definition) is 3. The van der Waals surface area contributed by atoms with Crippen LogP contribution in [0.25, 0.3) is 0 Å². The Hall–Kier alpha value is -2.27. The monoisotopic (exact) mass is 286 g/mol. The van der Waals surface area contributed by atoms with Crippen molar-refractivity contribution in [3.8, 4) is 0 Å². The Morgan fingerprint density at radius 1 is 1.24 bits per heavy atom. The Bertz CT molecular complexity index is 654. The third-order valence-corrected chi connectivity index (χ3v) is 3.19. The molecule has 0 unspecified atom stereocenters. The number of hydrogen-bond donors (Lipinski definition) is 2. The van der Waals surface area contributed by atoms with Crippen LogP contribution in [0.1, 0.15) is 22.5 Å². The molecular formula is C16H19FN4. The van der Waals surface area contributed by atoms with Crippen LogP contribution in [0, 0.1) is 18.2 Å². The van der Waals surface area contributed by atoms with Crippen LogP contribution in [-0.2, 0) is 13.1 Å². The second-order valence-corrected chi connectivity index (χ2v) is 5.13. The normalized spacial score (nSPS) is 10.9. The Morgan fingerprint density at radius 3 is 2.62 bits per heavy atom. The van der Waals surface area contributed by atoms with E-state index in [0.717, 1.165) is 11.4 Å². The van der Waals surface area contributed by atoms with Gasteiger partial charge in [0.15, 0.2) is 0 Å². The third kappa shape index (κ3) is 3.86. The number of nitrogens with two attached hydrogens (primary N) is 1. The van der Waals surface area contributed by atoms with Gasteiger partial charge in [-0.25, -0.2) is 4.39 Å². The van der Waals surface area contributed by atoms with E-state index in [1.807, 2.05) is 37.1 Å². The summed E-state index contributed by atoms with van der Waals surface area (Å²) in [5, 5.41) is 7.37. The minimum absolute atomic E-state index is 0.148. The lowest BCUT2D eigenvalue weighted by atomic mass is 10.1. The zero-order valence-corrected chi connectivity index (χ0v) is 12.2. The molecule has 0 fully saturated rings. The van der Waals surface area contributed by atoms with Gasteiger partial charge in [-0.2, -0.15) is 0 Å². The van der Waals surface area contributed by atoms with Crippen LogP contribution >= 0.6 is 0 Å². The Morgan fingerprint density at radius 2 is 1.95 bits per heavy atom. The standard InChI is InChI=1S/C16H19FN4/c1-11-5-3-7-13(20-11)10-21(2)9-12-6-4-8-14(15(12)17)16(18)19/h3-8H,9-10H2,1-2H3,(H3,18,19). The molecule has 2 aromatic rings.